The summed E-state index contributed by atoms with van der Waals surface area (Å²) >= 11 is 0. The third-order valence-corrected chi connectivity index (χ3v) is 4.71. The zero-order valence-corrected chi connectivity index (χ0v) is 11.5. The Morgan fingerprint density at radius 1 is 1.29 bits per heavy atom. The highest BCUT2D eigenvalue weighted by Gasteiger charge is 2.31. The van der Waals surface area contributed by atoms with Crippen LogP contribution in [0.15, 0.2) is 0 Å². The maximum atomic E-state index is 6.48. The van der Waals surface area contributed by atoms with Crippen LogP contribution in [0.5, 0.6) is 0 Å². The van der Waals surface area contributed by atoms with Gasteiger partial charge < -0.3 is 15.4 Å². The Kier molecular flexibility index (Phi) is 4.45. The Balaban J connectivity index is 1.76. The van der Waals surface area contributed by atoms with E-state index in [1.807, 2.05) is 0 Å². The minimum absolute atomic E-state index is 0.120. The number of hydrogen-bond acceptors (Lipinski definition) is 3. The summed E-state index contributed by atoms with van der Waals surface area (Å²) in [5, 5.41) is 0. The monoisotopic (exact) mass is 240 g/mol. The maximum absolute atomic E-state index is 6.48. The van der Waals surface area contributed by atoms with Crippen LogP contribution in [0.2, 0.25) is 0 Å². The van der Waals surface area contributed by atoms with Gasteiger partial charge in [-0.05, 0) is 46.2 Å². The van der Waals surface area contributed by atoms with Gasteiger partial charge in [-0.3, -0.25) is 0 Å². The topological polar surface area (TPSA) is 38.5 Å². The summed E-state index contributed by atoms with van der Waals surface area (Å²) in [5.74, 6) is 0. The van der Waals surface area contributed by atoms with E-state index in [0.717, 1.165) is 19.6 Å². The van der Waals surface area contributed by atoms with E-state index in [4.69, 9.17) is 10.5 Å². The molecule has 0 bridgehead atoms. The van der Waals surface area contributed by atoms with E-state index >= 15 is 0 Å². The maximum Gasteiger partial charge on any atom is 0.0702 e. The van der Waals surface area contributed by atoms with Crippen LogP contribution in [0.3, 0.4) is 0 Å². The molecule has 1 saturated carbocycles. The van der Waals surface area contributed by atoms with E-state index in [1.54, 1.807) is 0 Å². The first kappa shape index (κ1) is 13.3. The highest BCUT2D eigenvalue weighted by Crippen LogP contribution is 2.29. The lowest BCUT2D eigenvalue weighted by atomic mass is 9.80. The third kappa shape index (κ3) is 3.43. The Morgan fingerprint density at radius 3 is 2.59 bits per heavy atom. The van der Waals surface area contributed by atoms with E-state index in [1.165, 1.54) is 38.5 Å². The summed E-state index contributed by atoms with van der Waals surface area (Å²) in [7, 11) is 2.22. The minimum atomic E-state index is 0.120. The predicted molar refractivity (Wildman–Crippen MR) is 71.1 cm³/mol. The van der Waals surface area contributed by atoms with E-state index in [-0.39, 0.29) is 5.54 Å². The second-order valence-electron chi connectivity index (χ2n) is 6.09. The molecular formula is C14H28N2O. The van der Waals surface area contributed by atoms with Crippen LogP contribution in [0.1, 0.15) is 51.9 Å². The molecule has 100 valence electrons. The van der Waals surface area contributed by atoms with E-state index in [0.29, 0.717) is 12.1 Å². The minimum Gasteiger partial charge on any atom is -0.377 e. The fourth-order valence-corrected chi connectivity index (χ4v) is 3.37. The lowest BCUT2D eigenvalue weighted by Gasteiger charge is -2.36. The largest absolute Gasteiger partial charge is 0.377 e. The lowest BCUT2D eigenvalue weighted by Crippen LogP contribution is -2.46. The zero-order chi connectivity index (χ0) is 12.3. The molecule has 2 unspecified atom stereocenters. The molecule has 1 aliphatic carbocycles. The molecule has 2 rings (SSSR count). The van der Waals surface area contributed by atoms with Crippen molar-refractivity contribution >= 4 is 0 Å². The molecule has 2 fully saturated rings. The van der Waals surface area contributed by atoms with Crippen LogP contribution in [-0.4, -0.2) is 42.8 Å². The molecule has 2 atom stereocenters. The van der Waals surface area contributed by atoms with Gasteiger partial charge in [-0.25, -0.2) is 0 Å². The Hall–Kier alpha value is -0.120. The van der Waals surface area contributed by atoms with Gasteiger partial charge in [-0.15, -0.1) is 0 Å². The van der Waals surface area contributed by atoms with Crippen molar-refractivity contribution in [3.05, 3.63) is 0 Å². The van der Waals surface area contributed by atoms with Crippen molar-refractivity contribution in [1.29, 1.82) is 0 Å². The molecule has 1 heterocycles. The van der Waals surface area contributed by atoms with Gasteiger partial charge in [0.1, 0.15) is 0 Å². The molecule has 17 heavy (non-hydrogen) atoms. The first-order chi connectivity index (χ1) is 8.11. The standard InChI is InChI=1S/C14H28N2O/c1-12-13(6-11-17-12)16(2)10-9-14(15)7-4-3-5-8-14/h12-13H,3-11,15H2,1-2H3. The van der Waals surface area contributed by atoms with Crippen molar-refractivity contribution in [3.8, 4) is 0 Å². The van der Waals surface area contributed by atoms with E-state index in [2.05, 4.69) is 18.9 Å². The van der Waals surface area contributed by atoms with Gasteiger partial charge in [0.25, 0.3) is 0 Å². The molecule has 1 saturated heterocycles. The number of ether oxygens (including phenoxy) is 1. The fraction of sp³-hybridized carbons (Fsp3) is 1.00. The van der Waals surface area contributed by atoms with Crippen LogP contribution < -0.4 is 5.73 Å². The van der Waals surface area contributed by atoms with Gasteiger partial charge in [-0.1, -0.05) is 19.3 Å². The van der Waals surface area contributed by atoms with E-state index < -0.39 is 0 Å². The van der Waals surface area contributed by atoms with Crippen molar-refractivity contribution in [2.45, 2.75) is 69.6 Å². The summed E-state index contributed by atoms with van der Waals surface area (Å²) in [6.07, 6.45) is 9.17. The normalized spacial score (nSPS) is 33.2. The van der Waals surface area contributed by atoms with Crippen LogP contribution in [0.4, 0.5) is 0 Å². The molecule has 1 aliphatic heterocycles. The second kappa shape index (κ2) is 5.68. The highest BCUT2D eigenvalue weighted by molar-refractivity contribution is 4.89. The molecule has 2 aliphatic rings. The molecular weight excluding hydrogens is 212 g/mol. The van der Waals surface area contributed by atoms with E-state index in [9.17, 15) is 0 Å². The molecule has 0 aromatic rings. The SMILES string of the molecule is CC1OCCC1N(C)CCC1(N)CCCCC1. The Morgan fingerprint density at radius 2 is 2.00 bits per heavy atom. The number of nitrogens with two attached hydrogens (primary N) is 1. The van der Waals surface area contributed by atoms with Gasteiger partial charge in [0.05, 0.1) is 6.10 Å². The van der Waals surface area contributed by atoms with Crippen molar-refractivity contribution in [2.24, 2.45) is 5.73 Å². The average Bonchev–Trinajstić information content (AvgIpc) is 2.74. The fourth-order valence-electron chi connectivity index (χ4n) is 3.37. The average molecular weight is 240 g/mol. The summed E-state index contributed by atoms with van der Waals surface area (Å²) in [5.41, 5.74) is 6.60. The first-order valence-corrected chi connectivity index (χ1v) is 7.21. The smallest absolute Gasteiger partial charge is 0.0702 e. The molecule has 2 N–H and O–H groups in total. The molecule has 0 amide bonds. The molecule has 3 nitrogen and oxygen atoms in total. The summed E-state index contributed by atoms with van der Waals surface area (Å²) < 4.78 is 5.63. The molecule has 0 radical (unpaired) electrons. The van der Waals surface area contributed by atoms with Crippen molar-refractivity contribution in [2.75, 3.05) is 20.2 Å². The summed E-state index contributed by atoms with van der Waals surface area (Å²) in [6, 6.07) is 0.599. The number of likely N-dealkylation sites (N-methyl/N-ethyl adjacent to an activating group) is 1. The third-order valence-electron chi connectivity index (χ3n) is 4.71. The lowest BCUT2D eigenvalue weighted by molar-refractivity contribution is 0.0796. The second-order valence-corrected chi connectivity index (χ2v) is 6.09. The van der Waals surface area contributed by atoms with Gasteiger partial charge in [-0.2, -0.15) is 0 Å². The predicted octanol–water partition coefficient (Wildman–Crippen LogP) is 2.15. The zero-order valence-electron chi connectivity index (χ0n) is 11.5. The van der Waals surface area contributed by atoms with Gasteiger partial charge >= 0.3 is 0 Å². The van der Waals surface area contributed by atoms with Gasteiger partial charge in [0.15, 0.2) is 0 Å². The quantitative estimate of drug-likeness (QED) is 0.818. The highest BCUT2D eigenvalue weighted by atomic mass is 16.5. The number of hydrogen-bond donors (Lipinski definition) is 1. The molecule has 0 spiro atoms. The van der Waals surface area contributed by atoms with Crippen LogP contribution >= 0.6 is 0 Å². The molecule has 3 heteroatoms. The van der Waals surface area contributed by atoms with Crippen molar-refractivity contribution < 1.29 is 4.74 Å². The Labute approximate surface area is 106 Å². The number of rotatable bonds is 4. The van der Waals surface area contributed by atoms with Crippen LogP contribution in [-0.2, 0) is 4.74 Å². The van der Waals surface area contributed by atoms with Crippen molar-refractivity contribution in [1.82, 2.24) is 4.90 Å². The van der Waals surface area contributed by atoms with Crippen LogP contribution in [0.25, 0.3) is 0 Å². The molecule has 0 aromatic carbocycles. The van der Waals surface area contributed by atoms with Crippen LogP contribution in [0, 0.1) is 0 Å². The summed E-state index contributed by atoms with van der Waals surface area (Å²) in [4.78, 5) is 2.46. The number of nitrogens with zero attached hydrogens (tertiary/aromatic N) is 1. The molecule has 0 aromatic heterocycles. The summed E-state index contributed by atoms with van der Waals surface area (Å²) in [6.45, 7) is 4.23. The van der Waals surface area contributed by atoms with Gasteiger partial charge in [0, 0.05) is 18.2 Å². The van der Waals surface area contributed by atoms with Gasteiger partial charge in [0.2, 0.25) is 0 Å². The first-order valence-electron chi connectivity index (χ1n) is 7.21. The van der Waals surface area contributed by atoms with Crippen molar-refractivity contribution in [3.63, 3.8) is 0 Å². The Bertz CT molecular complexity index is 238.